The molecule has 0 unspecified atom stereocenters. The summed E-state index contributed by atoms with van der Waals surface area (Å²) in [5, 5.41) is 0. The molecule has 0 fully saturated rings. The largest absolute Gasteiger partial charge is 0.295 e. The van der Waals surface area contributed by atoms with Crippen LogP contribution in [0.5, 0.6) is 0 Å². The van der Waals surface area contributed by atoms with Gasteiger partial charge in [0.2, 0.25) is 0 Å². The Labute approximate surface area is 95.3 Å². The summed E-state index contributed by atoms with van der Waals surface area (Å²) in [4.78, 5) is 10.6. The van der Waals surface area contributed by atoms with Crippen LogP contribution in [-0.4, -0.2) is 16.7 Å². The monoisotopic (exact) mass is 223 g/mol. The van der Waals surface area contributed by atoms with Gasteiger partial charge in [-0.2, -0.15) is 0 Å². The van der Waals surface area contributed by atoms with Crippen LogP contribution in [0.1, 0.15) is 12.5 Å². The standard InChI is InChI=1S/C12H14ClNO/c1-11(15)6-5-9-14(13)10-12-7-3-2-4-8-12/h2-8H,9-10H2,1H3/b6-5+. The Bertz CT molecular complexity index is 335. The summed E-state index contributed by atoms with van der Waals surface area (Å²) in [6.07, 6.45) is 3.29. The van der Waals surface area contributed by atoms with Gasteiger partial charge in [-0.25, -0.2) is 4.42 Å². The number of rotatable bonds is 5. The zero-order valence-electron chi connectivity index (χ0n) is 8.69. The summed E-state index contributed by atoms with van der Waals surface area (Å²) < 4.78 is 1.63. The first kappa shape index (κ1) is 12.0. The van der Waals surface area contributed by atoms with Crippen molar-refractivity contribution in [3.63, 3.8) is 0 Å². The highest BCUT2D eigenvalue weighted by Crippen LogP contribution is 2.06. The summed E-state index contributed by atoms with van der Waals surface area (Å²) in [7, 11) is 0. The van der Waals surface area contributed by atoms with Gasteiger partial charge in [0.05, 0.1) is 0 Å². The molecule has 0 radical (unpaired) electrons. The molecule has 0 saturated heterocycles. The van der Waals surface area contributed by atoms with Crippen molar-refractivity contribution in [2.45, 2.75) is 13.5 Å². The molecule has 3 heteroatoms. The fourth-order valence-corrected chi connectivity index (χ4v) is 1.40. The summed E-state index contributed by atoms with van der Waals surface area (Å²) in [6.45, 7) is 2.76. The normalized spacial score (nSPS) is 11.1. The zero-order valence-corrected chi connectivity index (χ0v) is 9.45. The Morgan fingerprint density at radius 3 is 2.67 bits per heavy atom. The predicted molar refractivity (Wildman–Crippen MR) is 62.5 cm³/mol. The number of carbonyl (C=O) groups is 1. The summed E-state index contributed by atoms with van der Waals surface area (Å²) in [5.41, 5.74) is 1.16. The van der Waals surface area contributed by atoms with E-state index in [1.165, 1.54) is 13.0 Å². The second-order valence-corrected chi connectivity index (χ2v) is 3.78. The van der Waals surface area contributed by atoms with Crippen molar-refractivity contribution >= 4 is 17.6 Å². The van der Waals surface area contributed by atoms with Crippen molar-refractivity contribution in [1.82, 2.24) is 4.42 Å². The maximum atomic E-state index is 10.6. The SMILES string of the molecule is CC(=O)/C=C/CN(Cl)Cc1ccccc1. The third-order valence-electron chi connectivity index (χ3n) is 1.85. The van der Waals surface area contributed by atoms with E-state index in [-0.39, 0.29) is 5.78 Å². The molecule has 0 aromatic heterocycles. The lowest BCUT2D eigenvalue weighted by atomic mass is 10.2. The summed E-state index contributed by atoms with van der Waals surface area (Å²) >= 11 is 5.97. The maximum Gasteiger partial charge on any atom is 0.152 e. The highest BCUT2D eigenvalue weighted by molar-refractivity contribution is 6.13. The van der Waals surface area contributed by atoms with Crippen molar-refractivity contribution in [3.05, 3.63) is 48.0 Å². The van der Waals surface area contributed by atoms with Crippen LogP contribution in [0.4, 0.5) is 0 Å². The van der Waals surface area contributed by atoms with E-state index >= 15 is 0 Å². The van der Waals surface area contributed by atoms with Crippen molar-refractivity contribution in [2.24, 2.45) is 0 Å². The Morgan fingerprint density at radius 2 is 2.07 bits per heavy atom. The molecule has 1 rings (SSSR count). The van der Waals surface area contributed by atoms with Gasteiger partial charge < -0.3 is 0 Å². The second-order valence-electron chi connectivity index (χ2n) is 3.30. The molecule has 0 amide bonds. The first-order chi connectivity index (χ1) is 7.18. The minimum Gasteiger partial charge on any atom is -0.295 e. The van der Waals surface area contributed by atoms with Crippen LogP contribution in [0.3, 0.4) is 0 Å². The summed E-state index contributed by atoms with van der Waals surface area (Å²) in [5.74, 6) is 0.0415. The molecule has 0 saturated carbocycles. The van der Waals surface area contributed by atoms with Gasteiger partial charge in [0.25, 0.3) is 0 Å². The number of hydrogen-bond acceptors (Lipinski definition) is 2. The third-order valence-corrected chi connectivity index (χ3v) is 2.11. The van der Waals surface area contributed by atoms with E-state index < -0.39 is 0 Å². The van der Waals surface area contributed by atoms with Gasteiger partial charge in [0, 0.05) is 13.1 Å². The first-order valence-electron chi connectivity index (χ1n) is 4.80. The molecule has 0 aliphatic heterocycles. The predicted octanol–water partition coefficient (Wildman–Crippen LogP) is 2.79. The molecule has 0 spiro atoms. The van der Waals surface area contributed by atoms with Crippen LogP contribution in [-0.2, 0) is 11.3 Å². The molecule has 1 aromatic carbocycles. The highest BCUT2D eigenvalue weighted by atomic mass is 35.5. The summed E-state index contributed by atoms with van der Waals surface area (Å²) in [6, 6.07) is 9.96. The minimum atomic E-state index is 0.0415. The third kappa shape index (κ3) is 5.35. The fraction of sp³-hybridized carbons (Fsp3) is 0.250. The smallest absolute Gasteiger partial charge is 0.152 e. The van der Waals surface area contributed by atoms with Gasteiger partial charge >= 0.3 is 0 Å². The van der Waals surface area contributed by atoms with E-state index in [9.17, 15) is 4.79 Å². The number of allylic oxidation sites excluding steroid dienone is 1. The number of ketones is 1. The first-order valence-corrected chi connectivity index (χ1v) is 5.14. The molecule has 0 atom stereocenters. The van der Waals surface area contributed by atoms with Gasteiger partial charge in [-0.1, -0.05) is 36.4 Å². The molecule has 0 N–H and O–H groups in total. The van der Waals surface area contributed by atoms with E-state index in [0.29, 0.717) is 13.1 Å². The van der Waals surface area contributed by atoms with Gasteiger partial charge in [0.15, 0.2) is 5.78 Å². The zero-order chi connectivity index (χ0) is 11.1. The molecule has 0 aliphatic rings. The lowest BCUT2D eigenvalue weighted by Crippen LogP contribution is -2.11. The van der Waals surface area contributed by atoms with Crippen LogP contribution in [0, 0.1) is 0 Å². The van der Waals surface area contributed by atoms with E-state index in [1.807, 2.05) is 30.3 Å². The van der Waals surface area contributed by atoms with Gasteiger partial charge in [0.1, 0.15) is 0 Å². The van der Waals surface area contributed by atoms with E-state index in [0.717, 1.165) is 5.56 Å². The van der Waals surface area contributed by atoms with E-state index in [4.69, 9.17) is 11.8 Å². The fourth-order valence-electron chi connectivity index (χ4n) is 1.18. The maximum absolute atomic E-state index is 10.6. The van der Waals surface area contributed by atoms with E-state index in [2.05, 4.69) is 0 Å². The molecular formula is C12H14ClNO. The molecule has 2 nitrogen and oxygen atoms in total. The topological polar surface area (TPSA) is 20.3 Å². The Morgan fingerprint density at radius 1 is 1.40 bits per heavy atom. The Balaban J connectivity index is 2.36. The molecular weight excluding hydrogens is 210 g/mol. The van der Waals surface area contributed by atoms with Gasteiger partial charge in [-0.05, 0) is 30.3 Å². The van der Waals surface area contributed by atoms with Crippen LogP contribution < -0.4 is 0 Å². The molecule has 0 heterocycles. The molecule has 15 heavy (non-hydrogen) atoms. The average Bonchev–Trinajstić information content (AvgIpc) is 2.18. The Hall–Kier alpha value is -1.12. The number of carbonyl (C=O) groups excluding carboxylic acids is 1. The van der Waals surface area contributed by atoms with Crippen LogP contribution >= 0.6 is 11.8 Å². The van der Waals surface area contributed by atoms with Crippen molar-refractivity contribution in [3.8, 4) is 0 Å². The Kier molecular flexibility index (Phi) is 5.08. The lowest BCUT2D eigenvalue weighted by Gasteiger charge is -2.10. The van der Waals surface area contributed by atoms with Crippen molar-refractivity contribution in [1.29, 1.82) is 0 Å². The minimum absolute atomic E-state index is 0.0415. The molecule has 1 aromatic rings. The average molecular weight is 224 g/mol. The number of halogens is 1. The highest BCUT2D eigenvalue weighted by Gasteiger charge is 1.99. The van der Waals surface area contributed by atoms with Crippen LogP contribution in [0.2, 0.25) is 0 Å². The van der Waals surface area contributed by atoms with Crippen LogP contribution in [0.15, 0.2) is 42.5 Å². The quantitative estimate of drug-likeness (QED) is 0.565. The van der Waals surface area contributed by atoms with Crippen LogP contribution in [0.25, 0.3) is 0 Å². The number of nitrogens with zero attached hydrogens (tertiary/aromatic N) is 1. The number of benzene rings is 1. The van der Waals surface area contributed by atoms with Crippen molar-refractivity contribution in [2.75, 3.05) is 6.54 Å². The second kappa shape index (κ2) is 6.38. The van der Waals surface area contributed by atoms with Gasteiger partial charge in [-0.15, -0.1) is 0 Å². The van der Waals surface area contributed by atoms with Gasteiger partial charge in [-0.3, -0.25) is 4.79 Å². The number of hydrogen-bond donors (Lipinski definition) is 0. The molecule has 0 bridgehead atoms. The molecule has 80 valence electrons. The molecule has 0 aliphatic carbocycles. The van der Waals surface area contributed by atoms with E-state index in [1.54, 1.807) is 10.5 Å². The lowest BCUT2D eigenvalue weighted by molar-refractivity contribution is -0.112. The van der Waals surface area contributed by atoms with Crippen molar-refractivity contribution < 1.29 is 4.79 Å².